The minimum absolute atomic E-state index is 0.102. The van der Waals surface area contributed by atoms with Crippen molar-refractivity contribution in [3.05, 3.63) is 23.2 Å². The van der Waals surface area contributed by atoms with Crippen LogP contribution in [0.4, 0.5) is 11.4 Å². The minimum atomic E-state index is -0.633. The monoisotopic (exact) mass is 269 g/mol. The Morgan fingerprint density at radius 2 is 1.94 bits per heavy atom. The first-order valence-electron chi connectivity index (χ1n) is 5.75. The van der Waals surface area contributed by atoms with E-state index < -0.39 is 5.54 Å². The topological polar surface area (TPSA) is 44.4 Å². The molecule has 0 aliphatic heterocycles. The average Bonchev–Trinajstić information content (AvgIpc) is 2.28. The number of carbonyl (C=O) groups excluding carboxylic acids is 1. The van der Waals surface area contributed by atoms with Gasteiger partial charge in [-0.15, -0.1) is 0 Å². The van der Waals surface area contributed by atoms with E-state index in [1.165, 1.54) is 0 Å². The third-order valence-electron chi connectivity index (χ3n) is 2.88. The fourth-order valence-corrected chi connectivity index (χ4v) is 1.56. The van der Waals surface area contributed by atoms with E-state index in [2.05, 4.69) is 10.6 Å². The second-order valence-corrected chi connectivity index (χ2v) is 5.32. The number of carbonyl (C=O) groups is 1. The van der Waals surface area contributed by atoms with Crippen LogP contribution in [0.1, 0.15) is 13.8 Å². The Labute approximate surface area is 113 Å². The molecule has 0 saturated heterocycles. The summed E-state index contributed by atoms with van der Waals surface area (Å²) in [6, 6.07) is 5.43. The molecule has 4 nitrogen and oxygen atoms in total. The van der Waals surface area contributed by atoms with Gasteiger partial charge in [0.05, 0.1) is 16.9 Å². The summed E-state index contributed by atoms with van der Waals surface area (Å²) in [5.74, 6) is -0.102. The van der Waals surface area contributed by atoms with Crippen molar-refractivity contribution < 1.29 is 4.79 Å². The molecule has 0 bridgehead atoms. The summed E-state index contributed by atoms with van der Waals surface area (Å²) < 4.78 is 0. The number of benzene rings is 1. The molecular formula is C13H20ClN3O. The average molecular weight is 270 g/mol. The molecular weight excluding hydrogens is 250 g/mol. The standard InChI is InChI=1S/C13H20ClN3O/c1-13(2,15-3)12(18)16-10-8-9(14)6-7-11(10)17(4)5/h6-8,15H,1-5H3,(H,16,18). The molecule has 0 aromatic heterocycles. The molecule has 5 heteroatoms. The molecule has 0 radical (unpaired) electrons. The van der Waals surface area contributed by atoms with E-state index in [0.717, 1.165) is 5.69 Å². The number of amides is 1. The van der Waals surface area contributed by atoms with Gasteiger partial charge < -0.3 is 15.5 Å². The fourth-order valence-electron chi connectivity index (χ4n) is 1.39. The molecule has 1 rings (SSSR count). The van der Waals surface area contributed by atoms with E-state index in [1.54, 1.807) is 19.2 Å². The molecule has 0 aliphatic carbocycles. The Hall–Kier alpha value is -1.26. The van der Waals surface area contributed by atoms with Gasteiger partial charge in [-0.25, -0.2) is 0 Å². The number of halogens is 1. The van der Waals surface area contributed by atoms with Crippen LogP contribution in [0.5, 0.6) is 0 Å². The highest BCUT2D eigenvalue weighted by Gasteiger charge is 2.25. The first-order chi connectivity index (χ1) is 8.27. The van der Waals surface area contributed by atoms with E-state index >= 15 is 0 Å². The Bertz CT molecular complexity index is 444. The van der Waals surface area contributed by atoms with E-state index in [-0.39, 0.29) is 5.91 Å². The summed E-state index contributed by atoms with van der Waals surface area (Å²) in [4.78, 5) is 14.0. The summed E-state index contributed by atoms with van der Waals surface area (Å²) >= 11 is 5.97. The van der Waals surface area contributed by atoms with Crippen molar-refractivity contribution in [2.75, 3.05) is 31.4 Å². The van der Waals surface area contributed by atoms with Crippen LogP contribution in [0.25, 0.3) is 0 Å². The number of rotatable bonds is 4. The molecule has 0 atom stereocenters. The summed E-state index contributed by atoms with van der Waals surface area (Å²) in [5, 5.41) is 6.46. The lowest BCUT2D eigenvalue weighted by molar-refractivity contribution is -0.121. The third kappa shape index (κ3) is 3.37. The van der Waals surface area contributed by atoms with Gasteiger partial charge in [0.25, 0.3) is 0 Å². The molecule has 1 amide bonds. The first kappa shape index (κ1) is 14.8. The van der Waals surface area contributed by atoms with E-state index in [1.807, 2.05) is 38.9 Å². The lowest BCUT2D eigenvalue weighted by Crippen LogP contribution is -2.48. The fraction of sp³-hybridized carbons (Fsp3) is 0.462. The minimum Gasteiger partial charge on any atom is -0.376 e. The Kier molecular flexibility index (Phi) is 4.59. The second-order valence-electron chi connectivity index (χ2n) is 4.89. The maximum atomic E-state index is 12.1. The number of hydrogen-bond donors (Lipinski definition) is 2. The van der Waals surface area contributed by atoms with Crippen LogP contribution < -0.4 is 15.5 Å². The summed E-state index contributed by atoms with van der Waals surface area (Å²) in [6.07, 6.45) is 0. The van der Waals surface area contributed by atoms with Crippen molar-refractivity contribution in [2.45, 2.75) is 19.4 Å². The quantitative estimate of drug-likeness (QED) is 0.882. The van der Waals surface area contributed by atoms with Gasteiger partial charge in [0.2, 0.25) is 5.91 Å². The normalized spacial score (nSPS) is 11.2. The zero-order valence-corrected chi connectivity index (χ0v) is 12.2. The van der Waals surface area contributed by atoms with Gasteiger partial charge in [-0.2, -0.15) is 0 Å². The molecule has 2 N–H and O–H groups in total. The first-order valence-corrected chi connectivity index (χ1v) is 6.13. The Morgan fingerprint density at radius 1 is 1.33 bits per heavy atom. The molecule has 1 aromatic rings. The maximum absolute atomic E-state index is 12.1. The van der Waals surface area contributed by atoms with Crippen LogP contribution >= 0.6 is 11.6 Å². The van der Waals surface area contributed by atoms with Crippen LogP contribution in [0.2, 0.25) is 5.02 Å². The summed E-state index contributed by atoms with van der Waals surface area (Å²) in [5.41, 5.74) is 0.992. The number of hydrogen-bond acceptors (Lipinski definition) is 3. The SMILES string of the molecule is CNC(C)(C)C(=O)Nc1cc(Cl)ccc1N(C)C. The molecule has 18 heavy (non-hydrogen) atoms. The summed E-state index contributed by atoms with van der Waals surface area (Å²) in [6.45, 7) is 3.64. The van der Waals surface area contributed by atoms with Crippen LogP contribution in [0, 0.1) is 0 Å². The van der Waals surface area contributed by atoms with Gasteiger partial charge in [-0.05, 0) is 39.1 Å². The van der Waals surface area contributed by atoms with Crippen LogP contribution in [0.15, 0.2) is 18.2 Å². The maximum Gasteiger partial charge on any atom is 0.244 e. The number of nitrogens with one attached hydrogen (secondary N) is 2. The predicted molar refractivity (Wildman–Crippen MR) is 77.5 cm³/mol. The number of likely N-dealkylation sites (N-methyl/N-ethyl adjacent to an activating group) is 1. The molecule has 0 fully saturated rings. The lowest BCUT2D eigenvalue weighted by atomic mass is 10.0. The number of anilines is 2. The van der Waals surface area contributed by atoms with Crippen molar-refractivity contribution >= 4 is 28.9 Å². The molecule has 0 unspecified atom stereocenters. The molecule has 1 aromatic carbocycles. The van der Waals surface area contributed by atoms with Gasteiger partial charge in [-0.1, -0.05) is 11.6 Å². The van der Waals surface area contributed by atoms with Crippen molar-refractivity contribution in [3.63, 3.8) is 0 Å². The van der Waals surface area contributed by atoms with Gasteiger partial charge >= 0.3 is 0 Å². The van der Waals surface area contributed by atoms with Crippen LogP contribution in [0.3, 0.4) is 0 Å². The summed E-state index contributed by atoms with van der Waals surface area (Å²) in [7, 11) is 5.59. The Morgan fingerprint density at radius 3 is 2.44 bits per heavy atom. The lowest BCUT2D eigenvalue weighted by Gasteiger charge is -2.25. The highest BCUT2D eigenvalue weighted by Crippen LogP contribution is 2.28. The van der Waals surface area contributed by atoms with Crippen molar-refractivity contribution in [2.24, 2.45) is 0 Å². The highest BCUT2D eigenvalue weighted by molar-refractivity contribution is 6.31. The zero-order valence-electron chi connectivity index (χ0n) is 11.5. The van der Waals surface area contributed by atoms with Crippen LogP contribution in [-0.2, 0) is 4.79 Å². The van der Waals surface area contributed by atoms with Gasteiger partial charge in [0.1, 0.15) is 0 Å². The Balaban J connectivity index is 3.03. The second kappa shape index (κ2) is 5.59. The molecule has 0 heterocycles. The van der Waals surface area contributed by atoms with Crippen LogP contribution in [-0.4, -0.2) is 32.6 Å². The molecule has 0 spiro atoms. The van der Waals surface area contributed by atoms with E-state index in [4.69, 9.17) is 11.6 Å². The highest BCUT2D eigenvalue weighted by atomic mass is 35.5. The molecule has 0 saturated carbocycles. The third-order valence-corrected chi connectivity index (χ3v) is 3.12. The molecule has 0 aliphatic rings. The van der Waals surface area contributed by atoms with E-state index in [0.29, 0.717) is 10.7 Å². The van der Waals surface area contributed by atoms with Gasteiger partial charge in [0.15, 0.2) is 0 Å². The van der Waals surface area contributed by atoms with Gasteiger partial charge in [-0.3, -0.25) is 4.79 Å². The predicted octanol–water partition coefficient (Wildman–Crippen LogP) is 2.34. The zero-order chi connectivity index (χ0) is 13.9. The largest absolute Gasteiger partial charge is 0.376 e. The van der Waals surface area contributed by atoms with Crippen molar-refractivity contribution in [1.82, 2.24) is 5.32 Å². The van der Waals surface area contributed by atoms with Gasteiger partial charge in [0, 0.05) is 19.1 Å². The van der Waals surface area contributed by atoms with Crippen molar-refractivity contribution in [1.29, 1.82) is 0 Å². The number of nitrogens with zero attached hydrogens (tertiary/aromatic N) is 1. The van der Waals surface area contributed by atoms with Crippen molar-refractivity contribution in [3.8, 4) is 0 Å². The smallest absolute Gasteiger partial charge is 0.244 e. The van der Waals surface area contributed by atoms with E-state index in [9.17, 15) is 4.79 Å². The molecule has 100 valence electrons.